The predicted molar refractivity (Wildman–Crippen MR) is 98.9 cm³/mol. The average molecular weight is 343 g/mol. The second-order valence-electron chi connectivity index (χ2n) is 7.70. The summed E-state index contributed by atoms with van der Waals surface area (Å²) in [5.41, 5.74) is 2.27. The molecule has 3 aliphatic heterocycles. The van der Waals surface area contributed by atoms with Crippen LogP contribution in [0.4, 0.5) is 5.69 Å². The van der Waals surface area contributed by atoms with Crippen LogP contribution in [-0.4, -0.2) is 74.2 Å². The minimum Gasteiger partial charge on any atom is -0.381 e. The molecule has 0 spiro atoms. The third-order valence-electron chi connectivity index (χ3n) is 5.91. The molecule has 3 aliphatic rings. The van der Waals surface area contributed by atoms with E-state index >= 15 is 0 Å². The number of ether oxygens (including phenoxy) is 1. The van der Waals surface area contributed by atoms with Crippen LogP contribution in [0.15, 0.2) is 24.3 Å². The quantitative estimate of drug-likeness (QED) is 0.835. The van der Waals surface area contributed by atoms with Crippen molar-refractivity contribution in [2.45, 2.75) is 25.8 Å². The number of carbonyl (C=O) groups is 1. The summed E-state index contributed by atoms with van der Waals surface area (Å²) in [5, 5.41) is 0. The summed E-state index contributed by atoms with van der Waals surface area (Å²) in [6.45, 7) is 10.1. The van der Waals surface area contributed by atoms with Gasteiger partial charge in [0.2, 0.25) is 5.91 Å². The molecule has 0 aliphatic carbocycles. The molecule has 25 heavy (non-hydrogen) atoms. The first-order valence-electron chi connectivity index (χ1n) is 9.63. The highest BCUT2D eigenvalue weighted by atomic mass is 16.5. The molecule has 5 nitrogen and oxygen atoms in total. The molecule has 3 saturated heterocycles. The van der Waals surface area contributed by atoms with Gasteiger partial charge in [-0.25, -0.2) is 0 Å². The zero-order chi connectivity index (χ0) is 17.2. The van der Waals surface area contributed by atoms with Gasteiger partial charge in [-0.2, -0.15) is 0 Å². The van der Waals surface area contributed by atoms with Crippen molar-refractivity contribution in [1.29, 1.82) is 0 Å². The summed E-state index contributed by atoms with van der Waals surface area (Å²) in [5.74, 6) is 0.984. The molecule has 1 amide bonds. The lowest BCUT2D eigenvalue weighted by Crippen LogP contribution is -2.53. The average Bonchev–Trinajstić information content (AvgIpc) is 3.26. The number of rotatable bonds is 4. The van der Waals surface area contributed by atoms with Gasteiger partial charge < -0.3 is 14.5 Å². The van der Waals surface area contributed by atoms with Gasteiger partial charge in [-0.05, 0) is 37.8 Å². The van der Waals surface area contributed by atoms with Crippen molar-refractivity contribution in [1.82, 2.24) is 9.80 Å². The van der Waals surface area contributed by atoms with Crippen molar-refractivity contribution >= 4 is 11.6 Å². The molecular weight excluding hydrogens is 314 g/mol. The normalized spacial score (nSPS) is 28.8. The molecule has 0 aromatic heterocycles. The van der Waals surface area contributed by atoms with Gasteiger partial charge in [-0.1, -0.05) is 17.7 Å². The summed E-state index contributed by atoms with van der Waals surface area (Å²) < 4.78 is 5.49. The predicted octanol–water partition coefficient (Wildman–Crippen LogP) is 1.75. The van der Waals surface area contributed by atoms with Crippen molar-refractivity contribution in [2.75, 3.05) is 57.4 Å². The monoisotopic (exact) mass is 343 g/mol. The Morgan fingerprint density at radius 1 is 1.04 bits per heavy atom. The highest BCUT2D eigenvalue weighted by Crippen LogP contribution is 2.25. The number of hydrogen-bond acceptors (Lipinski definition) is 4. The summed E-state index contributed by atoms with van der Waals surface area (Å²) in [4.78, 5) is 19.8. The number of anilines is 1. The van der Waals surface area contributed by atoms with Crippen LogP contribution in [-0.2, 0) is 9.53 Å². The van der Waals surface area contributed by atoms with Crippen LogP contribution in [0.25, 0.3) is 0 Å². The smallest absolute Gasteiger partial charge is 0.244 e. The van der Waals surface area contributed by atoms with Crippen LogP contribution in [0.1, 0.15) is 18.4 Å². The maximum Gasteiger partial charge on any atom is 0.244 e. The topological polar surface area (TPSA) is 36.0 Å². The Bertz CT molecular complexity index is 589. The van der Waals surface area contributed by atoms with E-state index in [1.54, 1.807) is 0 Å². The molecule has 4 rings (SSSR count). The number of nitrogens with zero attached hydrogens (tertiary/aromatic N) is 3. The van der Waals surface area contributed by atoms with E-state index in [9.17, 15) is 4.79 Å². The number of benzene rings is 1. The number of piperazine rings is 1. The largest absolute Gasteiger partial charge is 0.381 e. The van der Waals surface area contributed by atoms with Gasteiger partial charge in [-0.15, -0.1) is 0 Å². The van der Waals surface area contributed by atoms with Gasteiger partial charge in [0.1, 0.15) is 0 Å². The van der Waals surface area contributed by atoms with Crippen molar-refractivity contribution in [3.05, 3.63) is 29.8 Å². The fourth-order valence-electron chi connectivity index (χ4n) is 4.33. The minimum absolute atomic E-state index is 0.0678. The number of carbonyl (C=O) groups excluding carboxylic acids is 1. The Labute approximate surface area is 150 Å². The standard InChI is InChI=1S/C20H29N3O2/c1-16-2-4-18(5-3-16)23-8-6-19(20(23)24)22-11-9-21(10-12-22)14-17-7-13-25-15-17/h2-5,17,19H,6-15H2,1H3/t17-,19-/m0/s1. The summed E-state index contributed by atoms with van der Waals surface area (Å²) in [6.07, 6.45) is 2.15. The minimum atomic E-state index is 0.0678. The first kappa shape index (κ1) is 17.0. The van der Waals surface area contributed by atoms with Crippen LogP contribution in [0, 0.1) is 12.8 Å². The fourth-order valence-corrected chi connectivity index (χ4v) is 4.33. The highest BCUT2D eigenvalue weighted by molar-refractivity contribution is 5.99. The van der Waals surface area contributed by atoms with Gasteiger partial charge in [0.25, 0.3) is 0 Å². The van der Waals surface area contributed by atoms with Crippen LogP contribution in [0.3, 0.4) is 0 Å². The van der Waals surface area contributed by atoms with Crippen LogP contribution in [0.2, 0.25) is 0 Å². The van der Waals surface area contributed by atoms with Crippen molar-refractivity contribution in [2.24, 2.45) is 5.92 Å². The van der Waals surface area contributed by atoms with Crippen molar-refractivity contribution in [3.8, 4) is 0 Å². The first-order valence-corrected chi connectivity index (χ1v) is 9.63. The SMILES string of the molecule is Cc1ccc(N2CC[C@H](N3CCN(C[C@@H]4CCOC4)CC3)C2=O)cc1. The molecule has 1 aromatic carbocycles. The van der Waals surface area contributed by atoms with Gasteiger partial charge in [-0.3, -0.25) is 9.69 Å². The lowest BCUT2D eigenvalue weighted by atomic mass is 10.1. The number of amides is 1. The van der Waals surface area contributed by atoms with E-state index in [0.29, 0.717) is 5.92 Å². The second-order valence-corrected chi connectivity index (χ2v) is 7.70. The Morgan fingerprint density at radius 2 is 1.80 bits per heavy atom. The lowest BCUT2D eigenvalue weighted by Gasteiger charge is -2.38. The van der Waals surface area contributed by atoms with Gasteiger partial charge in [0.15, 0.2) is 0 Å². The van der Waals surface area contributed by atoms with Crippen molar-refractivity contribution in [3.63, 3.8) is 0 Å². The second kappa shape index (κ2) is 7.44. The van der Waals surface area contributed by atoms with E-state index < -0.39 is 0 Å². The lowest BCUT2D eigenvalue weighted by molar-refractivity contribution is -0.122. The summed E-state index contributed by atoms with van der Waals surface area (Å²) in [7, 11) is 0. The number of hydrogen-bond donors (Lipinski definition) is 0. The van der Waals surface area contributed by atoms with Crippen LogP contribution < -0.4 is 4.90 Å². The molecule has 0 radical (unpaired) electrons. The van der Waals surface area contributed by atoms with E-state index in [0.717, 1.165) is 64.6 Å². The Hall–Kier alpha value is -1.43. The molecular formula is C20H29N3O2. The Morgan fingerprint density at radius 3 is 2.48 bits per heavy atom. The zero-order valence-corrected chi connectivity index (χ0v) is 15.2. The fraction of sp³-hybridized carbons (Fsp3) is 0.650. The molecule has 3 fully saturated rings. The van der Waals surface area contributed by atoms with Gasteiger partial charge >= 0.3 is 0 Å². The van der Waals surface area contributed by atoms with E-state index in [4.69, 9.17) is 4.74 Å². The molecule has 0 N–H and O–H groups in total. The first-order chi connectivity index (χ1) is 12.2. The van der Waals surface area contributed by atoms with Crippen LogP contribution >= 0.6 is 0 Å². The maximum atomic E-state index is 12.9. The van der Waals surface area contributed by atoms with Gasteiger partial charge in [0, 0.05) is 51.6 Å². The molecule has 136 valence electrons. The summed E-state index contributed by atoms with van der Waals surface area (Å²) in [6, 6.07) is 8.37. The van der Waals surface area contributed by atoms with E-state index in [2.05, 4.69) is 41.0 Å². The molecule has 3 heterocycles. The highest BCUT2D eigenvalue weighted by Gasteiger charge is 2.37. The third-order valence-corrected chi connectivity index (χ3v) is 5.91. The Balaban J connectivity index is 1.31. The maximum absolute atomic E-state index is 12.9. The van der Waals surface area contributed by atoms with E-state index in [-0.39, 0.29) is 11.9 Å². The number of aryl methyl sites for hydroxylation is 1. The molecule has 5 heteroatoms. The molecule has 2 atom stereocenters. The molecule has 0 unspecified atom stereocenters. The van der Waals surface area contributed by atoms with Crippen LogP contribution in [0.5, 0.6) is 0 Å². The molecule has 0 bridgehead atoms. The van der Waals surface area contributed by atoms with E-state index in [1.165, 1.54) is 12.0 Å². The molecule has 0 saturated carbocycles. The Kier molecular flexibility index (Phi) is 5.06. The third kappa shape index (κ3) is 3.73. The summed E-state index contributed by atoms with van der Waals surface area (Å²) >= 11 is 0. The van der Waals surface area contributed by atoms with Gasteiger partial charge in [0.05, 0.1) is 12.6 Å². The molecule has 1 aromatic rings. The van der Waals surface area contributed by atoms with E-state index in [1.807, 2.05) is 4.90 Å². The van der Waals surface area contributed by atoms with Crippen molar-refractivity contribution < 1.29 is 9.53 Å². The zero-order valence-electron chi connectivity index (χ0n) is 15.2.